The van der Waals surface area contributed by atoms with E-state index in [1.807, 2.05) is 13.2 Å². The average Bonchev–Trinajstić information content (AvgIpc) is 2.42. The Bertz CT molecular complexity index is 268. The topological polar surface area (TPSA) is 39.1 Å². The van der Waals surface area contributed by atoms with Gasteiger partial charge in [-0.2, -0.15) is 5.10 Å². The fraction of sp³-hybridized carbons (Fsp3) is 0.667. The number of nitrogens with zero attached hydrogens (tertiary/aromatic N) is 2. The van der Waals surface area contributed by atoms with Gasteiger partial charge in [0, 0.05) is 7.05 Å². The number of aryl methyl sites for hydroxylation is 1. The summed E-state index contributed by atoms with van der Waals surface area (Å²) in [4.78, 5) is 0. The van der Waals surface area contributed by atoms with Crippen LogP contribution < -0.4 is 10.1 Å². The minimum absolute atomic E-state index is 0.804. The zero-order chi connectivity index (χ0) is 9.10. The van der Waals surface area contributed by atoms with Crippen molar-refractivity contribution in [3.63, 3.8) is 0 Å². The number of hydrogen-bond donors (Lipinski definition) is 1. The molecule has 1 fully saturated rings. The van der Waals surface area contributed by atoms with Gasteiger partial charge in [-0.05, 0) is 25.4 Å². The zero-order valence-corrected chi connectivity index (χ0v) is 7.86. The van der Waals surface area contributed by atoms with Gasteiger partial charge in [-0.1, -0.05) is 0 Å². The highest BCUT2D eigenvalue weighted by molar-refractivity contribution is 5.11. The molecule has 0 atom stereocenters. The molecule has 0 bridgehead atoms. The van der Waals surface area contributed by atoms with Crippen LogP contribution in [0, 0.1) is 5.92 Å². The minimum Gasteiger partial charge on any atom is -0.490 e. The highest BCUT2D eigenvalue weighted by atomic mass is 16.5. The van der Waals surface area contributed by atoms with Gasteiger partial charge in [-0.15, -0.1) is 0 Å². The standard InChI is InChI=1S/C9H15N3O/c1-12-7-9(6-11-12)13-3-2-8-4-10-5-8/h6-8,10H,2-5H2,1H3. The Kier molecular flexibility index (Phi) is 2.49. The molecule has 1 aliphatic heterocycles. The predicted octanol–water partition coefficient (Wildman–Crippen LogP) is 0.408. The molecule has 13 heavy (non-hydrogen) atoms. The molecule has 0 aliphatic carbocycles. The van der Waals surface area contributed by atoms with E-state index in [1.54, 1.807) is 10.9 Å². The second kappa shape index (κ2) is 3.79. The Labute approximate surface area is 77.9 Å². The van der Waals surface area contributed by atoms with E-state index in [0.717, 1.165) is 37.8 Å². The van der Waals surface area contributed by atoms with E-state index in [1.165, 1.54) is 0 Å². The quantitative estimate of drug-likeness (QED) is 0.731. The zero-order valence-electron chi connectivity index (χ0n) is 7.86. The Morgan fingerprint density at radius 1 is 1.69 bits per heavy atom. The van der Waals surface area contributed by atoms with Crippen molar-refractivity contribution in [3.05, 3.63) is 12.4 Å². The van der Waals surface area contributed by atoms with Crippen molar-refractivity contribution in [3.8, 4) is 5.75 Å². The lowest BCUT2D eigenvalue weighted by Crippen LogP contribution is -2.42. The molecule has 0 aromatic carbocycles. The van der Waals surface area contributed by atoms with E-state index in [9.17, 15) is 0 Å². The summed E-state index contributed by atoms with van der Waals surface area (Å²) < 4.78 is 7.27. The Hall–Kier alpha value is -1.03. The predicted molar refractivity (Wildman–Crippen MR) is 49.7 cm³/mol. The molecule has 1 N–H and O–H groups in total. The van der Waals surface area contributed by atoms with Crippen molar-refractivity contribution in [1.29, 1.82) is 0 Å². The van der Waals surface area contributed by atoms with E-state index >= 15 is 0 Å². The van der Waals surface area contributed by atoms with Crippen molar-refractivity contribution < 1.29 is 4.74 Å². The maximum atomic E-state index is 5.52. The van der Waals surface area contributed by atoms with Crippen LogP contribution in [0.1, 0.15) is 6.42 Å². The second-order valence-electron chi connectivity index (χ2n) is 3.51. The van der Waals surface area contributed by atoms with Gasteiger partial charge in [-0.3, -0.25) is 4.68 Å². The summed E-state index contributed by atoms with van der Waals surface area (Å²) in [5.74, 6) is 1.69. The maximum Gasteiger partial charge on any atom is 0.157 e. The molecule has 0 radical (unpaired) electrons. The third kappa shape index (κ3) is 2.21. The third-order valence-corrected chi connectivity index (χ3v) is 2.34. The number of aromatic nitrogens is 2. The van der Waals surface area contributed by atoms with Crippen molar-refractivity contribution in [2.75, 3.05) is 19.7 Å². The molecule has 1 aromatic rings. The summed E-state index contributed by atoms with van der Waals surface area (Å²) in [5.41, 5.74) is 0. The number of rotatable bonds is 4. The lowest BCUT2D eigenvalue weighted by atomic mass is 10.0. The van der Waals surface area contributed by atoms with Crippen molar-refractivity contribution in [1.82, 2.24) is 15.1 Å². The van der Waals surface area contributed by atoms with E-state index in [0.29, 0.717) is 0 Å². The van der Waals surface area contributed by atoms with Gasteiger partial charge in [0.15, 0.2) is 5.75 Å². The summed E-state index contributed by atoms with van der Waals surface area (Å²) >= 11 is 0. The second-order valence-corrected chi connectivity index (χ2v) is 3.51. The lowest BCUT2D eigenvalue weighted by Gasteiger charge is -2.26. The molecule has 4 heteroatoms. The first-order valence-corrected chi connectivity index (χ1v) is 4.67. The normalized spacial score (nSPS) is 17.0. The monoisotopic (exact) mass is 181 g/mol. The van der Waals surface area contributed by atoms with Crippen LogP contribution in [0.3, 0.4) is 0 Å². The van der Waals surface area contributed by atoms with Crippen LogP contribution in [0.15, 0.2) is 12.4 Å². The molecule has 0 saturated carbocycles. The molecule has 1 saturated heterocycles. The van der Waals surface area contributed by atoms with E-state index in [-0.39, 0.29) is 0 Å². The summed E-state index contributed by atoms with van der Waals surface area (Å²) in [6.45, 7) is 3.10. The largest absolute Gasteiger partial charge is 0.490 e. The maximum absolute atomic E-state index is 5.52. The van der Waals surface area contributed by atoms with Gasteiger partial charge in [0.2, 0.25) is 0 Å². The van der Waals surface area contributed by atoms with Crippen molar-refractivity contribution in [2.24, 2.45) is 13.0 Å². The molecule has 0 amide bonds. The fourth-order valence-corrected chi connectivity index (χ4v) is 1.37. The molecule has 2 rings (SSSR count). The van der Waals surface area contributed by atoms with E-state index in [2.05, 4.69) is 10.4 Å². The van der Waals surface area contributed by atoms with Crippen molar-refractivity contribution >= 4 is 0 Å². The summed E-state index contributed by atoms with van der Waals surface area (Å²) in [6.07, 6.45) is 4.78. The molecule has 4 nitrogen and oxygen atoms in total. The van der Waals surface area contributed by atoms with Crippen LogP contribution in [-0.4, -0.2) is 29.5 Å². The Morgan fingerprint density at radius 2 is 2.54 bits per heavy atom. The van der Waals surface area contributed by atoms with Crippen LogP contribution in [0.2, 0.25) is 0 Å². The smallest absolute Gasteiger partial charge is 0.157 e. The molecular formula is C9H15N3O. The molecule has 2 heterocycles. The van der Waals surface area contributed by atoms with Crippen molar-refractivity contribution in [2.45, 2.75) is 6.42 Å². The molecule has 0 spiro atoms. The molecular weight excluding hydrogens is 166 g/mol. The Balaban J connectivity index is 1.67. The first-order valence-electron chi connectivity index (χ1n) is 4.67. The van der Waals surface area contributed by atoms with Gasteiger partial charge in [0.05, 0.1) is 19.0 Å². The summed E-state index contributed by atoms with van der Waals surface area (Å²) in [7, 11) is 1.89. The van der Waals surface area contributed by atoms with Crippen LogP contribution in [0.25, 0.3) is 0 Å². The lowest BCUT2D eigenvalue weighted by molar-refractivity contribution is 0.238. The molecule has 1 aromatic heterocycles. The van der Waals surface area contributed by atoms with Gasteiger partial charge < -0.3 is 10.1 Å². The van der Waals surface area contributed by atoms with Crippen LogP contribution >= 0.6 is 0 Å². The summed E-state index contributed by atoms with van der Waals surface area (Å²) in [6, 6.07) is 0. The SMILES string of the molecule is Cn1cc(OCCC2CNC2)cn1. The fourth-order valence-electron chi connectivity index (χ4n) is 1.37. The summed E-state index contributed by atoms with van der Waals surface area (Å²) in [5, 5.41) is 7.27. The first kappa shape index (κ1) is 8.56. The highest BCUT2D eigenvalue weighted by Crippen LogP contribution is 2.11. The molecule has 72 valence electrons. The van der Waals surface area contributed by atoms with Gasteiger partial charge in [-0.25, -0.2) is 0 Å². The van der Waals surface area contributed by atoms with Gasteiger partial charge in [0.25, 0.3) is 0 Å². The molecule has 1 aliphatic rings. The Morgan fingerprint density at radius 3 is 3.08 bits per heavy atom. The van der Waals surface area contributed by atoms with E-state index < -0.39 is 0 Å². The minimum atomic E-state index is 0.804. The third-order valence-electron chi connectivity index (χ3n) is 2.34. The van der Waals surface area contributed by atoms with E-state index in [4.69, 9.17) is 4.74 Å². The van der Waals surface area contributed by atoms with Crippen LogP contribution in [0.4, 0.5) is 0 Å². The number of hydrogen-bond acceptors (Lipinski definition) is 3. The first-order chi connectivity index (χ1) is 6.34. The molecule has 0 unspecified atom stereocenters. The van der Waals surface area contributed by atoms with Crippen LogP contribution in [-0.2, 0) is 7.05 Å². The van der Waals surface area contributed by atoms with Crippen LogP contribution in [0.5, 0.6) is 5.75 Å². The van der Waals surface area contributed by atoms with Gasteiger partial charge in [0.1, 0.15) is 0 Å². The highest BCUT2D eigenvalue weighted by Gasteiger charge is 2.15. The average molecular weight is 181 g/mol. The van der Waals surface area contributed by atoms with Gasteiger partial charge >= 0.3 is 0 Å². The number of nitrogens with one attached hydrogen (secondary N) is 1. The number of ether oxygens (including phenoxy) is 1.